The first kappa shape index (κ1) is 20.2. The van der Waals surface area contributed by atoms with E-state index in [1.807, 2.05) is 24.3 Å². The molecule has 2 aromatic carbocycles. The minimum absolute atomic E-state index is 0.0214. The fraction of sp³-hybridized carbons (Fsp3) is 0.286. The predicted molar refractivity (Wildman–Crippen MR) is 105 cm³/mol. The van der Waals surface area contributed by atoms with Crippen molar-refractivity contribution in [1.82, 2.24) is 5.32 Å². The van der Waals surface area contributed by atoms with Crippen LogP contribution >= 0.6 is 0 Å². The summed E-state index contributed by atoms with van der Waals surface area (Å²) in [6, 6.07) is 13.6. The molecule has 0 fully saturated rings. The number of methoxy groups -OCH3 is 1. The lowest BCUT2D eigenvalue weighted by Crippen LogP contribution is -2.27. The summed E-state index contributed by atoms with van der Waals surface area (Å²) >= 11 is 0. The zero-order valence-corrected chi connectivity index (χ0v) is 15.7. The van der Waals surface area contributed by atoms with E-state index in [-0.39, 0.29) is 17.6 Å². The summed E-state index contributed by atoms with van der Waals surface area (Å²) in [5, 5.41) is 13.7. The second-order valence-electron chi connectivity index (χ2n) is 6.65. The number of nitrogens with one attached hydrogen (secondary N) is 1. The molecule has 0 saturated heterocycles. The Hall–Kier alpha value is -3.15. The number of benzene rings is 2. The molecule has 27 heavy (non-hydrogen) atoms. The van der Waals surface area contributed by atoms with Crippen LogP contribution in [0.2, 0.25) is 0 Å². The first-order valence-corrected chi connectivity index (χ1v) is 8.76. The fourth-order valence-electron chi connectivity index (χ4n) is 2.68. The second kappa shape index (κ2) is 9.52. The number of nitro groups is 1. The number of carbonyl (C=O) groups is 1. The summed E-state index contributed by atoms with van der Waals surface area (Å²) in [4.78, 5) is 22.6. The van der Waals surface area contributed by atoms with Crippen molar-refractivity contribution < 1.29 is 14.5 Å². The van der Waals surface area contributed by atoms with E-state index in [1.165, 1.54) is 18.2 Å². The summed E-state index contributed by atoms with van der Waals surface area (Å²) in [5.74, 6) is 0.970. The SMILES string of the molecule is COc1ccc([C@@H](CC(C)C)NC(=O)/C=C/c2ccc([N+](=O)[O-])cc2)cc1. The predicted octanol–water partition coefficient (Wildman–Crippen LogP) is 4.52. The summed E-state index contributed by atoms with van der Waals surface area (Å²) < 4.78 is 5.18. The van der Waals surface area contributed by atoms with Gasteiger partial charge < -0.3 is 10.1 Å². The molecular weight excluding hydrogens is 344 g/mol. The highest BCUT2D eigenvalue weighted by molar-refractivity contribution is 5.92. The molecule has 1 atom stereocenters. The molecule has 2 rings (SSSR count). The first-order valence-electron chi connectivity index (χ1n) is 8.76. The molecule has 142 valence electrons. The number of ether oxygens (including phenoxy) is 1. The van der Waals surface area contributed by atoms with Gasteiger partial charge in [-0.05, 0) is 53.8 Å². The fourth-order valence-corrected chi connectivity index (χ4v) is 2.68. The van der Waals surface area contributed by atoms with Gasteiger partial charge in [-0.15, -0.1) is 0 Å². The van der Waals surface area contributed by atoms with E-state index in [9.17, 15) is 14.9 Å². The van der Waals surface area contributed by atoms with E-state index >= 15 is 0 Å². The topological polar surface area (TPSA) is 81.5 Å². The Morgan fingerprint density at radius 2 is 1.78 bits per heavy atom. The van der Waals surface area contributed by atoms with Crippen molar-refractivity contribution in [2.75, 3.05) is 7.11 Å². The summed E-state index contributed by atoms with van der Waals surface area (Å²) in [7, 11) is 1.62. The quantitative estimate of drug-likeness (QED) is 0.422. The summed E-state index contributed by atoms with van der Waals surface area (Å²) in [5.41, 5.74) is 1.76. The molecule has 2 aromatic rings. The van der Waals surface area contributed by atoms with Crippen LogP contribution in [0, 0.1) is 16.0 Å². The molecule has 6 nitrogen and oxygen atoms in total. The Labute approximate surface area is 159 Å². The molecule has 0 spiro atoms. The van der Waals surface area contributed by atoms with Crippen LogP contribution in [-0.4, -0.2) is 17.9 Å². The third-order valence-corrected chi connectivity index (χ3v) is 4.07. The molecule has 0 aliphatic carbocycles. The maximum Gasteiger partial charge on any atom is 0.269 e. The smallest absolute Gasteiger partial charge is 0.269 e. The van der Waals surface area contributed by atoms with Gasteiger partial charge in [-0.25, -0.2) is 0 Å². The summed E-state index contributed by atoms with van der Waals surface area (Å²) in [6.07, 6.45) is 3.89. The zero-order chi connectivity index (χ0) is 19.8. The van der Waals surface area contributed by atoms with Crippen molar-refractivity contribution in [2.45, 2.75) is 26.3 Å². The highest BCUT2D eigenvalue weighted by Gasteiger charge is 2.15. The standard InChI is InChI=1S/C21H24N2O4/c1-15(2)14-20(17-7-11-19(27-3)12-8-17)22-21(24)13-6-16-4-9-18(10-5-16)23(25)26/h4-13,15,20H,14H2,1-3H3,(H,22,24)/b13-6+/t20-/m1/s1. The molecule has 0 unspecified atom stereocenters. The number of rotatable bonds is 8. The van der Waals surface area contributed by atoms with E-state index in [1.54, 1.807) is 25.3 Å². The van der Waals surface area contributed by atoms with E-state index in [0.717, 1.165) is 23.3 Å². The van der Waals surface area contributed by atoms with Crippen LogP contribution in [-0.2, 0) is 4.79 Å². The van der Waals surface area contributed by atoms with Crippen LogP contribution in [0.4, 0.5) is 5.69 Å². The van der Waals surface area contributed by atoms with Crippen LogP contribution in [0.1, 0.15) is 37.4 Å². The minimum atomic E-state index is -0.453. The molecular formula is C21H24N2O4. The van der Waals surface area contributed by atoms with Gasteiger partial charge in [0, 0.05) is 18.2 Å². The van der Waals surface area contributed by atoms with Crippen LogP contribution in [0.5, 0.6) is 5.75 Å². The molecule has 0 heterocycles. The molecule has 0 aliphatic heterocycles. The Bertz CT molecular complexity index is 796. The lowest BCUT2D eigenvalue weighted by Gasteiger charge is -2.20. The second-order valence-corrected chi connectivity index (χ2v) is 6.65. The maximum absolute atomic E-state index is 12.3. The largest absolute Gasteiger partial charge is 0.497 e. The normalized spacial score (nSPS) is 12.1. The van der Waals surface area contributed by atoms with Crippen LogP contribution in [0.25, 0.3) is 6.08 Å². The van der Waals surface area contributed by atoms with Crippen LogP contribution < -0.4 is 10.1 Å². The van der Waals surface area contributed by atoms with Crippen molar-refractivity contribution in [3.8, 4) is 5.75 Å². The van der Waals surface area contributed by atoms with Gasteiger partial charge in [-0.3, -0.25) is 14.9 Å². The minimum Gasteiger partial charge on any atom is -0.497 e. The maximum atomic E-state index is 12.3. The monoisotopic (exact) mass is 368 g/mol. The van der Waals surface area contributed by atoms with Gasteiger partial charge in [-0.1, -0.05) is 26.0 Å². The van der Waals surface area contributed by atoms with Crippen molar-refractivity contribution in [3.63, 3.8) is 0 Å². The number of hydrogen-bond donors (Lipinski definition) is 1. The molecule has 1 N–H and O–H groups in total. The van der Waals surface area contributed by atoms with Gasteiger partial charge in [0.15, 0.2) is 0 Å². The van der Waals surface area contributed by atoms with E-state index < -0.39 is 4.92 Å². The highest BCUT2D eigenvalue weighted by Crippen LogP contribution is 2.23. The van der Waals surface area contributed by atoms with Gasteiger partial charge in [0.1, 0.15) is 5.75 Å². The van der Waals surface area contributed by atoms with Gasteiger partial charge >= 0.3 is 0 Å². The molecule has 6 heteroatoms. The van der Waals surface area contributed by atoms with Crippen molar-refractivity contribution in [3.05, 3.63) is 75.8 Å². The third-order valence-electron chi connectivity index (χ3n) is 4.07. The number of nitro benzene ring substituents is 1. The highest BCUT2D eigenvalue weighted by atomic mass is 16.6. The Morgan fingerprint density at radius 1 is 1.15 bits per heavy atom. The molecule has 0 bridgehead atoms. The van der Waals surface area contributed by atoms with Crippen LogP contribution in [0.15, 0.2) is 54.6 Å². The van der Waals surface area contributed by atoms with Crippen molar-refractivity contribution in [2.24, 2.45) is 5.92 Å². The van der Waals surface area contributed by atoms with E-state index in [0.29, 0.717) is 5.92 Å². The van der Waals surface area contributed by atoms with Gasteiger partial charge in [0.05, 0.1) is 18.1 Å². The number of carbonyl (C=O) groups excluding carboxylic acids is 1. The number of nitrogens with zero attached hydrogens (tertiary/aromatic N) is 1. The third kappa shape index (κ3) is 6.26. The first-order chi connectivity index (χ1) is 12.9. The number of non-ortho nitro benzene ring substituents is 1. The zero-order valence-electron chi connectivity index (χ0n) is 15.7. The molecule has 0 aliphatic rings. The van der Waals surface area contributed by atoms with Crippen molar-refractivity contribution in [1.29, 1.82) is 0 Å². The average Bonchev–Trinajstić information content (AvgIpc) is 2.66. The van der Waals surface area contributed by atoms with Crippen molar-refractivity contribution >= 4 is 17.7 Å². The lowest BCUT2D eigenvalue weighted by atomic mass is 9.97. The number of hydrogen-bond acceptors (Lipinski definition) is 4. The van der Waals surface area contributed by atoms with Crippen LogP contribution in [0.3, 0.4) is 0 Å². The Kier molecular flexibility index (Phi) is 7.11. The van der Waals surface area contributed by atoms with E-state index in [2.05, 4.69) is 19.2 Å². The Morgan fingerprint density at radius 3 is 2.30 bits per heavy atom. The summed E-state index contributed by atoms with van der Waals surface area (Å²) in [6.45, 7) is 4.21. The molecule has 0 radical (unpaired) electrons. The molecule has 0 saturated carbocycles. The molecule has 0 aromatic heterocycles. The lowest BCUT2D eigenvalue weighted by molar-refractivity contribution is -0.384. The number of amides is 1. The van der Waals surface area contributed by atoms with Gasteiger partial charge in [-0.2, -0.15) is 0 Å². The Balaban J connectivity index is 2.06. The average molecular weight is 368 g/mol. The van der Waals surface area contributed by atoms with E-state index in [4.69, 9.17) is 4.74 Å². The molecule has 1 amide bonds. The van der Waals surface area contributed by atoms with Gasteiger partial charge in [0.25, 0.3) is 5.69 Å². The van der Waals surface area contributed by atoms with Gasteiger partial charge in [0.2, 0.25) is 5.91 Å².